The molecule has 3 heterocycles. The van der Waals surface area contributed by atoms with E-state index in [2.05, 4.69) is 20.4 Å². The maximum absolute atomic E-state index is 12.8. The average Bonchev–Trinajstić information content (AvgIpc) is 3.35. The van der Waals surface area contributed by atoms with Crippen LogP contribution in [0.3, 0.4) is 0 Å². The predicted octanol–water partition coefficient (Wildman–Crippen LogP) is 2.89. The van der Waals surface area contributed by atoms with Crippen LogP contribution in [0.1, 0.15) is 34.1 Å². The van der Waals surface area contributed by atoms with E-state index in [1.165, 1.54) is 13.1 Å². The van der Waals surface area contributed by atoms with E-state index in [9.17, 15) is 13.2 Å². The molecule has 0 saturated heterocycles. The molecule has 1 unspecified atom stereocenters. The van der Waals surface area contributed by atoms with E-state index in [4.69, 9.17) is 9.08 Å². The number of nitrogens with zero attached hydrogens (tertiary/aromatic N) is 4. The van der Waals surface area contributed by atoms with Gasteiger partial charge in [0, 0.05) is 17.4 Å². The van der Waals surface area contributed by atoms with Crippen LogP contribution in [-0.4, -0.2) is 38.4 Å². The van der Waals surface area contributed by atoms with Crippen molar-refractivity contribution in [2.24, 2.45) is 0 Å². The van der Waals surface area contributed by atoms with Crippen LogP contribution in [0, 0.1) is 6.92 Å². The second kappa shape index (κ2) is 7.35. The minimum Gasteiger partial charge on any atom is -0.337 e. The van der Waals surface area contributed by atoms with Gasteiger partial charge in [-0.2, -0.15) is 13.4 Å². The van der Waals surface area contributed by atoms with Crippen LogP contribution in [0.4, 0.5) is 5.69 Å². The molecular formula is C19H17N5O5S. The smallest absolute Gasteiger partial charge is 0.276 e. The van der Waals surface area contributed by atoms with Gasteiger partial charge in [-0.3, -0.25) is 13.7 Å². The molecule has 0 bridgehead atoms. The van der Waals surface area contributed by atoms with E-state index < -0.39 is 15.4 Å². The number of amides is 1. The van der Waals surface area contributed by atoms with Gasteiger partial charge in [-0.1, -0.05) is 23.4 Å². The van der Waals surface area contributed by atoms with E-state index in [1.54, 1.807) is 40.9 Å². The van der Waals surface area contributed by atoms with Crippen molar-refractivity contribution in [1.82, 2.24) is 19.5 Å². The van der Waals surface area contributed by atoms with Crippen molar-refractivity contribution in [3.8, 4) is 11.4 Å². The van der Waals surface area contributed by atoms with Crippen LogP contribution in [0.15, 0.2) is 53.3 Å². The SMILES string of the molecule is Cc1ccc(-c2noc(C(C)S(=O)(=O)O)n2)cc1NC(=O)c1cnc2ccccn12. The number of imidazole rings is 1. The molecular weight excluding hydrogens is 410 g/mol. The van der Waals surface area contributed by atoms with E-state index in [1.807, 2.05) is 13.0 Å². The van der Waals surface area contributed by atoms with E-state index in [0.29, 0.717) is 22.6 Å². The lowest BCUT2D eigenvalue weighted by Crippen LogP contribution is -2.15. The van der Waals surface area contributed by atoms with Gasteiger partial charge < -0.3 is 9.84 Å². The summed E-state index contributed by atoms with van der Waals surface area (Å²) in [6, 6.07) is 10.6. The minimum atomic E-state index is -4.36. The molecule has 0 radical (unpaired) electrons. The molecule has 2 N–H and O–H groups in total. The third-order valence-electron chi connectivity index (χ3n) is 4.63. The molecule has 0 aliphatic carbocycles. The quantitative estimate of drug-likeness (QED) is 0.463. The molecule has 30 heavy (non-hydrogen) atoms. The minimum absolute atomic E-state index is 0.130. The lowest BCUT2D eigenvalue weighted by Gasteiger charge is -2.09. The summed E-state index contributed by atoms with van der Waals surface area (Å²) in [6.45, 7) is 3.07. The van der Waals surface area contributed by atoms with Gasteiger partial charge >= 0.3 is 0 Å². The van der Waals surface area contributed by atoms with E-state index >= 15 is 0 Å². The van der Waals surface area contributed by atoms with Crippen LogP contribution in [0.25, 0.3) is 17.0 Å². The number of nitrogens with one attached hydrogen (secondary N) is 1. The summed E-state index contributed by atoms with van der Waals surface area (Å²) in [5.41, 5.74) is 2.86. The van der Waals surface area contributed by atoms with Gasteiger partial charge in [0.15, 0.2) is 5.25 Å². The van der Waals surface area contributed by atoms with Crippen LogP contribution >= 0.6 is 0 Å². The Bertz CT molecular complexity index is 1360. The van der Waals surface area contributed by atoms with E-state index in [-0.39, 0.29) is 17.6 Å². The summed E-state index contributed by atoms with van der Waals surface area (Å²) >= 11 is 0. The summed E-state index contributed by atoms with van der Waals surface area (Å²) in [6.07, 6.45) is 3.24. The molecule has 0 aliphatic rings. The third-order valence-corrected chi connectivity index (χ3v) is 5.73. The van der Waals surface area contributed by atoms with Crippen molar-refractivity contribution in [3.63, 3.8) is 0 Å². The predicted molar refractivity (Wildman–Crippen MR) is 108 cm³/mol. The molecule has 0 aliphatic heterocycles. The van der Waals surface area contributed by atoms with Crippen molar-refractivity contribution >= 4 is 27.4 Å². The number of benzene rings is 1. The van der Waals surface area contributed by atoms with Crippen LogP contribution in [-0.2, 0) is 10.1 Å². The first-order valence-electron chi connectivity index (χ1n) is 8.88. The molecule has 1 atom stereocenters. The largest absolute Gasteiger partial charge is 0.337 e. The monoisotopic (exact) mass is 427 g/mol. The fourth-order valence-corrected chi connectivity index (χ4v) is 3.18. The van der Waals surface area contributed by atoms with Gasteiger partial charge in [0.25, 0.3) is 16.0 Å². The first-order valence-corrected chi connectivity index (χ1v) is 10.4. The highest BCUT2D eigenvalue weighted by Gasteiger charge is 2.26. The molecule has 0 spiro atoms. The van der Waals surface area contributed by atoms with Crippen LogP contribution in [0.5, 0.6) is 0 Å². The summed E-state index contributed by atoms with van der Waals surface area (Å²) < 4.78 is 38.4. The second-order valence-electron chi connectivity index (χ2n) is 6.67. The number of carbonyl (C=O) groups excluding carboxylic acids is 1. The summed E-state index contributed by atoms with van der Waals surface area (Å²) in [5.74, 6) is -0.446. The van der Waals surface area contributed by atoms with Crippen LogP contribution in [0.2, 0.25) is 0 Å². The highest BCUT2D eigenvalue weighted by molar-refractivity contribution is 7.86. The average molecular weight is 427 g/mol. The molecule has 0 fully saturated rings. The van der Waals surface area contributed by atoms with Gasteiger partial charge in [-0.25, -0.2) is 4.98 Å². The lowest BCUT2D eigenvalue weighted by atomic mass is 10.1. The Kier molecular flexibility index (Phi) is 4.84. The molecule has 11 heteroatoms. The number of fused-ring (bicyclic) bond motifs is 1. The Balaban J connectivity index is 1.63. The molecule has 4 aromatic rings. The van der Waals surface area contributed by atoms with Gasteiger partial charge in [0.05, 0.1) is 6.20 Å². The van der Waals surface area contributed by atoms with Crippen molar-refractivity contribution in [2.45, 2.75) is 19.1 Å². The van der Waals surface area contributed by atoms with Gasteiger partial charge in [-0.15, -0.1) is 0 Å². The highest BCUT2D eigenvalue weighted by Crippen LogP contribution is 2.26. The van der Waals surface area contributed by atoms with E-state index in [0.717, 1.165) is 5.56 Å². The number of pyridine rings is 1. The van der Waals surface area contributed by atoms with Gasteiger partial charge in [0.1, 0.15) is 11.3 Å². The Labute approximate surface area is 171 Å². The molecule has 1 aromatic carbocycles. The fraction of sp³-hybridized carbons (Fsp3) is 0.158. The molecule has 3 aromatic heterocycles. The number of aryl methyl sites for hydroxylation is 1. The molecule has 4 rings (SSSR count). The topological polar surface area (TPSA) is 140 Å². The second-order valence-corrected chi connectivity index (χ2v) is 8.41. The lowest BCUT2D eigenvalue weighted by molar-refractivity contribution is 0.102. The number of hydrogen-bond acceptors (Lipinski definition) is 7. The van der Waals surface area contributed by atoms with Crippen molar-refractivity contribution < 1.29 is 22.3 Å². The number of rotatable bonds is 5. The number of anilines is 1. The first-order chi connectivity index (χ1) is 14.2. The highest BCUT2D eigenvalue weighted by atomic mass is 32.2. The van der Waals surface area contributed by atoms with Crippen molar-refractivity contribution in [1.29, 1.82) is 0 Å². The van der Waals surface area contributed by atoms with Gasteiger partial charge in [-0.05, 0) is 37.6 Å². The Morgan fingerprint density at radius 2 is 2.07 bits per heavy atom. The first kappa shape index (κ1) is 19.7. The zero-order valence-electron chi connectivity index (χ0n) is 16.0. The third kappa shape index (κ3) is 3.67. The maximum atomic E-state index is 12.8. The zero-order valence-corrected chi connectivity index (χ0v) is 16.8. The maximum Gasteiger partial charge on any atom is 0.276 e. The Hall–Kier alpha value is -3.57. The van der Waals surface area contributed by atoms with Crippen molar-refractivity contribution in [3.05, 3.63) is 65.9 Å². The zero-order chi connectivity index (χ0) is 21.5. The molecule has 0 saturated carbocycles. The molecule has 1 amide bonds. The summed E-state index contributed by atoms with van der Waals surface area (Å²) in [7, 11) is -4.36. The fourth-order valence-electron chi connectivity index (χ4n) is 2.83. The molecule has 154 valence electrons. The Morgan fingerprint density at radius 3 is 2.83 bits per heavy atom. The molecule has 10 nitrogen and oxygen atoms in total. The Morgan fingerprint density at radius 1 is 1.27 bits per heavy atom. The standard InChI is InChI=1S/C19H17N5O5S/c1-11-6-7-13(17-22-19(29-23-17)12(2)30(26,27)28)9-14(11)21-18(25)15-10-20-16-5-3-4-8-24(15)16/h3-10,12H,1-2H3,(H,21,25)(H,26,27,28). The van der Waals surface area contributed by atoms with Crippen LogP contribution < -0.4 is 5.32 Å². The number of aromatic nitrogens is 4. The van der Waals surface area contributed by atoms with Crippen molar-refractivity contribution in [2.75, 3.05) is 5.32 Å². The summed E-state index contributed by atoms with van der Waals surface area (Å²) in [5, 5.41) is 5.27. The number of hydrogen-bond donors (Lipinski definition) is 2. The van der Waals surface area contributed by atoms with Gasteiger partial charge in [0.2, 0.25) is 11.7 Å². The summed E-state index contributed by atoms with van der Waals surface area (Å²) in [4.78, 5) is 21.0. The normalized spacial score (nSPS) is 12.8. The number of carbonyl (C=O) groups is 1.